The van der Waals surface area contributed by atoms with Crippen LogP contribution in [0.3, 0.4) is 0 Å². The van der Waals surface area contributed by atoms with Crippen LogP contribution in [0.25, 0.3) is 0 Å². The zero-order valence-electron chi connectivity index (χ0n) is 10.5. The summed E-state index contributed by atoms with van der Waals surface area (Å²) in [5.74, 6) is -0.0863. The predicted molar refractivity (Wildman–Crippen MR) is 78.7 cm³/mol. The first-order valence-corrected chi connectivity index (χ1v) is 7.37. The van der Waals surface area contributed by atoms with Gasteiger partial charge in [0.05, 0.1) is 18.8 Å². The van der Waals surface area contributed by atoms with Gasteiger partial charge in [-0.3, -0.25) is 9.69 Å². The molecular formula is C13H16BrClN2O2. The minimum absolute atomic E-state index is 0.0863. The summed E-state index contributed by atoms with van der Waals surface area (Å²) in [4.78, 5) is 14.3. The summed E-state index contributed by atoms with van der Waals surface area (Å²) in [6.45, 7) is 4.89. The first-order chi connectivity index (χ1) is 9.16. The van der Waals surface area contributed by atoms with Crippen molar-refractivity contribution < 1.29 is 9.53 Å². The monoisotopic (exact) mass is 346 g/mol. The number of carbonyl (C=O) groups excluding carboxylic acids is 1. The van der Waals surface area contributed by atoms with E-state index in [0.29, 0.717) is 21.6 Å². The van der Waals surface area contributed by atoms with Crippen LogP contribution in [0.15, 0.2) is 22.7 Å². The third-order valence-electron chi connectivity index (χ3n) is 2.99. The van der Waals surface area contributed by atoms with E-state index in [4.69, 9.17) is 16.3 Å². The van der Waals surface area contributed by atoms with Crippen LogP contribution in [0.5, 0.6) is 0 Å². The average Bonchev–Trinajstić information content (AvgIpc) is 2.39. The molecular weight excluding hydrogens is 332 g/mol. The van der Waals surface area contributed by atoms with Crippen LogP contribution in [-0.2, 0) is 4.74 Å². The van der Waals surface area contributed by atoms with Gasteiger partial charge in [0, 0.05) is 35.7 Å². The topological polar surface area (TPSA) is 41.6 Å². The molecule has 1 N–H and O–H groups in total. The second-order valence-corrected chi connectivity index (χ2v) is 5.62. The van der Waals surface area contributed by atoms with E-state index in [9.17, 15) is 4.79 Å². The SMILES string of the molecule is O=C(NCCN1CCOCC1)c1ccc(Cl)cc1Br. The molecule has 0 saturated carbocycles. The van der Waals surface area contributed by atoms with Crippen LogP contribution < -0.4 is 5.32 Å². The summed E-state index contributed by atoms with van der Waals surface area (Å²) in [7, 11) is 0. The molecule has 1 saturated heterocycles. The number of nitrogens with one attached hydrogen (secondary N) is 1. The Bertz CT molecular complexity index is 450. The predicted octanol–water partition coefficient (Wildman–Crippen LogP) is 2.16. The lowest BCUT2D eigenvalue weighted by Gasteiger charge is -2.26. The first kappa shape index (κ1) is 14.8. The molecule has 0 spiro atoms. The van der Waals surface area contributed by atoms with E-state index < -0.39 is 0 Å². The van der Waals surface area contributed by atoms with E-state index in [0.717, 1.165) is 32.8 Å². The minimum atomic E-state index is -0.0863. The van der Waals surface area contributed by atoms with E-state index in [-0.39, 0.29) is 5.91 Å². The molecule has 0 bridgehead atoms. The highest BCUT2D eigenvalue weighted by Crippen LogP contribution is 2.21. The van der Waals surface area contributed by atoms with Crippen molar-refractivity contribution in [3.05, 3.63) is 33.3 Å². The number of halogens is 2. The zero-order valence-corrected chi connectivity index (χ0v) is 12.8. The number of rotatable bonds is 4. The van der Waals surface area contributed by atoms with Crippen molar-refractivity contribution in [1.82, 2.24) is 10.2 Å². The highest BCUT2D eigenvalue weighted by molar-refractivity contribution is 9.10. The van der Waals surface area contributed by atoms with Crippen LogP contribution in [0.2, 0.25) is 5.02 Å². The largest absolute Gasteiger partial charge is 0.379 e. The van der Waals surface area contributed by atoms with E-state index in [1.165, 1.54) is 0 Å². The van der Waals surface area contributed by atoms with Crippen LogP contribution in [0.4, 0.5) is 0 Å². The summed E-state index contributed by atoms with van der Waals surface area (Å²) in [6, 6.07) is 5.15. The Kier molecular flexibility index (Phi) is 5.63. The molecule has 1 aliphatic heterocycles. The highest BCUT2D eigenvalue weighted by atomic mass is 79.9. The fourth-order valence-electron chi connectivity index (χ4n) is 1.92. The van der Waals surface area contributed by atoms with Crippen molar-refractivity contribution in [3.8, 4) is 0 Å². The third kappa shape index (κ3) is 4.45. The summed E-state index contributed by atoms with van der Waals surface area (Å²) < 4.78 is 5.99. The number of morpholine rings is 1. The summed E-state index contributed by atoms with van der Waals surface area (Å²) in [5.41, 5.74) is 0.603. The summed E-state index contributed by atoms with van der Waals surface area (Å²) in [6.07, 6.45) is 0. The molecule has 0 radical (unpaired) electrons. The Hall–Kier alpha value is -0.620. The van der Waals surface area contributed by atoms with E-state index >= 15 is 0 Å². The summed E-state index contributed by atoms with van der Waals surface area (Å²) in [5, 5.41) is 3.52. The maximum atomic E-state index is 12.0. The Morgan fingerprint density at radius 1 is 1.42 bits per heavy atom. The molecule has 0 atom stereocenters. The number of nitrogens with zero attached hydrogens (tertiary/aromatic N) is 1. The molecule has 6 heteroatoms. The molecule has 0 aliphatic carbocycles. The van der Waals surface area contributed by atoms with Crippen molar-refractivity contribution in [2.24, 2.45) is 0 Å². The number of amides is 1. The van der Waals surface area contributed by atoms with E-state index in [1.807, 2.05) is 0 Å². The number of hydrogen-bond donors (Lipinski definition) is 1. The van der Waals surface area contributed by atoms with Crippen LogP contribution in [0.1, 0.15) is 10.4 Å². The Balaban J connectivity index is 1.80. The third-order valence-corrected chi connectivity index (χ3v) is 3.88. The van der Waals surface area contributed by atoms with Gasteiger partial charge in [-0.05, 0) is 34.1 Å². The van der Waals surface area contributed by atoms with E-state index in [2.05, 4.69) is 26.1 Å². The van der Waals surface area contributed by atoms with Crippen molar-refractivity contribution in [2.75, 3.05) is 39.4 Å². The number of benzene rings is 1. The molecule has 1 aliphatic rings. The van der Waals surface area contributed by atoms with Crippen molar-refractivity contribution in [1.29, 1.82) is 0 Å². The molecule has 1 amide bonds. The summed E-state index contributed by atoms with van der Waals surface area (Å²) >= 11 is 9.19. The zero-order chi connectivity index (χ0) is 13.7. The molecule has 0 unspecified atom stereocenters. The Labute approximate surface area is 126 Å². The minimum Gasteiger partial charge on any atom is -0.379 e. The molecule has 2 rings (SSSR count). The van der Waals surface area contributed by atoms with Crippen molar-refractivity contribution in [3.63, 3.8) is 0 Å². The number of ether oxygens (including phenoxy) is 1. The molecule has 1 aromatic carbocycles. The fraction of sp³-hybridized carbons (Fsp3) is 0.462. The molecule has 1 heterocycles. The maximum Gasteiger partial charge on any atom is 0.252 e. The Morgan fingerprint density at radius 2 is 2.16 bits per heavy atom. The molecule has 19 heavy (non-hydrogen) atoms. The van der Waals surface area contributed by atoms with Crippen LogP contribution >= 0.6 is 27.5 Å². The second kappa shape index (κ2) is 7.24. The van der Waals surface area contributed by atoms with E-state index in [1.54, 1.807) is 18.2 Å². The van der Waals surface area contributed by atoms with Gasteiger partial charge in [0.25, 0.3) is 5.91 Å². The second-order valence-electron chi connectivity index (χ2n) is 4.33. The maximum absolute atomic E-state index is 12.0. The van der Waals surface area contributed by atoms with Gasteiger partial charge in [0.15, 0.2) is 0 Å². The molecule has 1 fully saturated rings. The van der Waals surface area contributed by atoms with Gasteiger partial charge >= 0.3 is 0 Å². The normalized spacial score (nSPS) is 16.3. The van der Waals surface area contributed by atoms with Crippen LogP contribution in [-0.4, -0.2) is 50.2 Å². The molecule has 4 nitrogen and oxygen atoms in total. The van der Waals surface area contributed by atoms with Crippen molar-refractivity contribution >= 4 is 33.4 Å². The van der Waals surface area contributed by atoms with Crippen molar-refractivity contribution in [2.45, 2.75) is 0 Å². The van der Waals surface area contributed by atoms with Gasteiger partial charge in [-0.1, -0.05) is 11.6 Å². The standard InChI is InChI=1S/C13H16BrClN2O2/c14-12-9-10(15)1-2-11(12)13(18)16-3-4-17-5-7-19-8-6-17/h1-2,9H,3-8H2,(H,16,18). The van der Waals surface area contributed by atoms with Gasteiger partial charge in [0.1, 0.15) is 0 Å². The number of hydrogen-bond acceptors (Lipinski definition) is 3. The quantitative estimate of drug-likeness (QED) is 0.907. The van der Waals surface area contributed by atoms with Gasteiger partial charge in [-0.15, -0.1) is 0 Å². The van der Waals surface area contributed by atoms with Gasteiger partial charge < -0.3 is 10.1 Å². The Morgan fingerprint density at radius 3 is 2.84 bits per heavy atom. The average molecular weight is 348 g/mol. The van der Waals surface area contributed by atoms with Gasteiger partial charge in [-0.2, -0.15) is 0 Å². The molecule has 104 valence electrons. The lowest BCUT2D eigenvalue weighted by molar-refractivity contribution is 0.0383. The lowest BCUT2D eigenvalue weighted by Crippen LogP contribution is -2.41. The first-order valence-electron chi connectivity index (χ1n) is 6.20. The molecule has 0 aromatic heterocycles. The molecule has 1 aromatic rings. The van der Waals surface area contributed by atoms with Gasteiger partial charge in [-0.25, -0.2) is 0 Å². The lowest BCUT2D eigenvalue weighted by atomic mass is 10.2. The number of carbonyl (C=O) groups is 1. The highest BCUT2D eigenvalue weighted by Gasteiger charge is 2.12. The van der Waals surface area contributed by atoms with Crippen LogP contribution in [0, 0.1) is 0 Å². The fourth-order valence-corrected chi connectivity index (χ4v) is 2.78. The smallest absolute Gasteiger partial charge is 0.252 e. The van der Waals surface area contributed by atoms with Gasteiger partial charge in [0.2, 0.25) is 0 Å².